The van der Waals surface area contributed by atoms with Crippen molar-refractivity contribution >= 4 is 64.3 Å². The standard InChI is InChI=1S/C17H16N8O7S3/c1-24-17(20-22-23-24)35-4-7-3-34-15-11(14(29)25(15)12(7)16(30)31)19-13(28)10(8-5-33-6-18-8)21-32-2-9(26)27/h5-6,11,15H,2-4H2,1H3,(H,19,28)(H,26,27)(H,30,31)/b21-10+. The summed E-state index contributed by atoms with van der Waals surface area (Å²) >= 11 is 3.72. The third-order valence-corrected chi connectivity index (χ3v) is 7.75. The van der Waals surface area contributed by atoms with E-state index in [4.69, 9.17) is 5.11 Å². The van der Waals surface area contributed by atoms with Gasteiger partial charge in [-0.3, -0.25) is 14.5 Å². The quantitative estimate of drug-likeness (QED) is 0.143. The van der Waals surface area contributed by atoms with E-state index in [1.807, 2.05) is 0 Å². The molecule has 184 valence electrons. The molecule has 2 amide bonds. The van der Waals surface area contributed by atoms with Gasteiger partial charge in [0.1, 0.15) is 22.8 Å². The zero-order chi connectivity index (χ0) is 25.1. The minimum absolute atomic E-state index is 0.134. The van der Waals surface area contributed by atoms with Gasteiger partial charge in [-0.15, -0.1) is 28.2 Å². The minimum Gasteiger partial charge on any atom is -0.479 e. The smallest absolute Gasteiger partial charge is 0.352 e. The first-order chi connectivity index (χ1) is 16.8. The molecular weight excluding hydrogens is 524 g/mol. The lowest BCUT2D eigenvalue weighted by Gasteiger charge is -2.49. The Morgan fingerprint density at radius 3 is 2.80 bits per heavy atom. The van der Waals surface area contributed by atoms with Gasteiger partial charge < -0.3 is 20.4 Å². The monoisotopic (exact) mass is 540 g/mol. The van der Waals surface area contributed by atoms with Crippen molar-refractivity contribution in [2.45, 2.75) is 16.6 Å². The SMILES string of the molecule is Cn1nnnc1SCC1=C(C(=O)O)N2C(=O)C(NC(=O)/C(=N/OCC(=O)O)c3cscn3)C2SC1. The van der Waals surface area contributed by atoms with Crippen LogP contribution in [-0.4, -0.2) is 99.3 Å². The zero-order valence-corrected chi connectivity index (χ0v) is 20.2. The van der Waals surface area contributed by atoms with Crippen LogP contribution in [0.4, 0.5) is 0 Å². The molecule has 0 spiro atoms. The molecule has 0 bridgehead atoms. The molecule has 2 unspecified atom stereocenters. The van der Waals surface area contributed by atoms with E-state index in [1.54, 1.807) is 7.05 Å². The maximum atomic E-state index is 12.9. The fraction of sp³-hybridized carbons (Fsp3) is 0.353. The number of aliphatic carboxylic acids is 2. The number of amides is 2. The molecule has 4 rings (SSSR count). The van der Waals surface area contributed by atoms with Crippen LogP contribution in [0.2, 0.25) is 0 Å². The van der Waals surface area contributed by atoms with Crippen molar-refractivity contribution in [2.24, 2.45) is 12.2 Å². The number of nitrogens with zero attached hydrogens (tertiary/aromatic N) is 7. The summed E-state index contributed by atoms with van der Waals surface area (Å²) in [6, 6.07) is -1.01. The Kier molecular flexibility index (Phi) is 7.31. The molecule has 0 aromatic carbocycles. The number of thioether (sulfide) groups is 2. The minimum atomic E-state index is -1.28. The Bertz CT molecular complexity index is 1230. The number of rotatable bonds is 10. The van der Waals surface area contributed by atoms with Gasteiger partial charge in [0.2, 0.25) is 11.8 Å². The van der Waals surface area contributed by atoms with Crippen molar-refractivity contribution in [1.29, 1.82) is 0 Å². The van der Waals surface area contributed by atoms with Gasteiger partial charge in [0.15, 0.2) is 5.71 Å². The van der Waals surface area contributed by atoms with Crippen LogP contribution in [0.1, 0.15) is 5.69 Å². The molecule has 1 fully saturated rings. The Labute approximate surface area is 208 Å². The second kappa shape index (κ2) is 10.4. The summed E-state index contributed by atoms with van der Waals surface area (Å²) in [4.78, 5) is 58.2. The van der Waals surface area contributed by atoms with E-state index in [1.165, 1.54) is 50.4 Å². The first-order valence-electron chi connectivity index (χ1n) is 9.64. The molecule has 3 N–H and O–H groups in total. The van der Waals surface area contributed by atoms with Gasteiger partial charge in [-0.05, 0) is 16.0 Å². The van der Waals surface area contributed by atoms with E-state index in [9.17, 15) is 24.3 Å². The second-order valence-electron chi connectivity index (χ2n) is 6.97. The van der Waals surface area contributed by atoms with Crippen LogP contribution in [0.25, 0.3) is 0 Å². The van der Waals surface area contributed by atoms with Crippen LogP contribution >= 0.6 is 34.9 Å². The van der Waals surface area contributed by atoms with Gasteiger partial charge in [-0.2, -0.15) is 0 Å². The van der Waals surface area contributed by atoms with Gasteiger partial charge >= 0.3 is 11.9 Å². The number of aryl methyl sites for hydroxylation is 1. The third kappa shape index (κ3) is 5.13. The van der Waals surface area contributed by atoms with Crippen LogP contribution in [0.3, 0.4) is 0 Å². The summed E-state index contributed by atoms with van der Waals surface area (Å²) in [7, 11) is 1.66. The van der Waals surface area contributed by atoms with Crippen molar-refractivity contribution in [3.8, 4) is 0 Å². The lowest BCUT2D eigenvalue weighted by Crippen LogP contribution is -2.71. The lowest BCUT2D eigenvalue weighted by molar-refractivity contribution is -0.150. The van der Waals surface area contributed by atoms with E-state index in [-0.39, 0.29) is 22.9 Å². The predicted octanol–water partition coefficient (Wildman–Crippen LogP) is -0.997. The normalized spacial score (nSPS) is 19.7. The Morgan fingerprint density at radius 2 is 2.17 bits per heavy atom. The van der Waals surface area contributed by atoms with Crippen molar-refractivity contribution in [3.05, 3.63) is 27.9 Å². The Hall–Kier alpha value is -3.51. The number of hydrogen-bond acceptors (Lipinski definition) is 13. The first-order valence-corrected chi connectivity index (χ1v) is 12.6. The molecule has 2 aromatic heterocycles. The zero-order valence-electron chi connectivity index (χ0n) is 17.7. The molecule has 0 saturated carbocycles. The number of carbonyl (C=O) groups is 4. The maximum absolute atomic E-state index is 12.9. The van der Waals surface area contributed by atoms with Crippen LogP contribution in [0.5, 0.6) is 0 Å². The molecule has 1 saturated heterocycles. The molecular formula is C17H16N8O7S3. The fourth-order valence-electron chi connectivity index (χ4n) is 3.19. The fourth-order valence-corrected chi connectivity index (χ4v) is 6.06. The molecule has 2 aromatic rings. The second-order valence-corrected chi connectivity index (χ2v) is 9.74. The molecule has 0 aliphatic carbocycles. The molecule has 2 atom stereocenters. The molecule has 2 aliphatic rings. The summed E-state index contributed by atoms with van der Waals surface area (Å²) in [6.07, 6.45) is 0. The summed E-state index contributed by atoms with van der Waals surface area (Å²) in [5.74, 6) is -3.37. The first kappa shape index (κ1) is 24.6. The predicted molar refractivity (Wildman–Crippen MR) is 121 cm³/mol. The molecule has 35 heavy (non-hydrogen) atoms. The Balaban J connectivity index is 1.48. The van der Waals surface area contributed by atoms with Crippen molar-refractivity contribution in [1.82, 2.24) is 35.4 Å². The van der Waals surface area contributed by atoms with E-state index in [0.29, 0.717) is 16.5 Å². The lowest BCUT2D eigenvalue weighted by atomic mass is 10.0. The average Bonchev–Trinajstić information content (AvgIpc) is 3.49. The van der Waals surface area contributed by atoms with Crippen molar-refractivity contribution in [2.75, 3.05) is 18.1 Å². The molecule has 2 aliphatic heterocycles. The molecule has 4 heterocycles. The number of β-lactam (4-membered cyclic amide) rings is 1. The van der Waals surface area contributed by atoms with Crippen LogP contribution in [0, 0.1) is 0 Å². The number of hydrogen-bond donors (Lipinski definition) is 3. The van der Waals surface area contributed by atoms with Crippen molar-refractivity contribution in [3.63, 3.8) is 0 Å². The third-order valence-electron chi connectivity index (χ3n) is 4.73. The number of nitrogens with one attached hydrogen (secondary N) is 1. The number of fused-ring (bicyclic) bond motifs is 1. The summed E-state index contributed by atoms with van der Waals surface area (Å²) in [6.45, 7) is -0.770. The highest BCUT2D eigenvalue weighted by Crippen LogP contribution is 2.41. The van der Waals surface area contributed by atoms with Gasteiger partial charge in [0.25, 0.3) is 11.8 Å². The molecule has 0 radical (unpaired) electrons. The number of thiazole rings is 1. The van der Waals surface area contributed by atoms with Gasteiger partial charge in [0.05, 0.1) is 5.51 Å². The highest BCUT2D eigenvalue weighted by Gasteiger charge is 2.54. The van der Waals surface area contributed by atoms with Gasteiger partial charge in [0, 0.05) is 23.9 Å². The van der Waals surface area contributed by atoms with Gasteiger partial charge in [-0.25, -0.2) is 19.3 Å². The molecule has 15 nitrogen and oxygen atoms in total. The largest absolute Gasteiger partial charge is 0.479 e. The van der Waals surface area contributed by atoms with E-state index >= 15 is 0 Å². The van der Waals surface area contributed by atoms with Gasteiger partial charge in [-0.1, -0.05) is 16.9 Å². The Morgan fingerprint density at radius 1 is 1.37 bits per heavy atom. The van der Waals surface area contributed by atoms with Crippen molar-refractivity contribution < 1.29 is 34.2 Å². The number of carboxylic acid groups (broad SMARTS) is 2. The summed E-state index contributed by atoms with van der Waals surface area (Å²) in [5, 5.41) is 37.1. The van der Waals surface area contributed by atoms with Crippen LogP contribution in [-0.2, 0) is 31.1 Å². The van der Waals surface area contributed by atoms with E-state index < -0.39 is 41.8 Å². The van der Waals surface area contributed by atoms with E-state index in [0.717, 1.165) is 4.90 Å². The summed E-state index contributed by atoms with van der Waals surface area (Å²) in [5.41, 5.74) is 1.68. The molecule has 18 heteroatoms. The van der Waals surface area contributed by atoms with Crippen LogP contribution < -0.4 is 5.32 Å². The maximum Gasteiger partial charge on any atom is 0.352 e. The van der Waals surface area contributed by atoms with E-state index in [2.05, 4.69) is 35.8 Å². The highest BCUT2D eigenvalue weighted by molar-refractivity contribution is 8.01. The number of carbonyl (C=O) groups excluding carboxylic acids is 2. The topological polar surface area (TPSA) is 202 Å². The average molecular weight is 541 g/mol. The summed E-state index contributed by atoms with van der Waals surface area (Å²) < 4.78 is 1.45. The highest BCUT2D eigenvalue weighted by atomic mass is 32.2. The van der Waals surface area contributed by atoms with Crippen LogP contribution in [0.15, 0.2) is 32.5 Å². The number of aromatic nitrogens is 5. The number of oxime groups is 1. The number of tetrazole rings is 1. The number of carboxylic acids is 2.